The van der Waals surface area contributed by atoms with Gasteiger partial charge in [-0.05, 0) is 51.4 Å². The molecule has 0 radical (unpaired) electrons. The van der Waals surface area contributed by atoms with Gasteiger partial charge in [-0.1, -0.05) is 27.7 Å². The van der Waals surface area contributed by atoms with Crippen LogP contribution >= 0.6 is 0 Å². The van der Waals surface area contributed by atoms with Crippen LogP contribution < -0.4 is 0 Å². The van der Waals surface area contributed by atoms with Crippen molar-refractivity contribution in [1.82, 2.24) is 0 Å². The summed E-state index contributed by atoms with van der Waals surface area (Å²) in [7, 11) is 0. The van der Waals surface area contributed by atoms with E-state index in [-0.39, 0.29) is 29.1 Å². The lowest BCUT2D eigenvalue weighted by Gasteiger charge is -2.44. The molecular weight excluding hydrogens is 212 g/mol. The highest BCUT2D eigenvalue weighted by atomic mass is 16.5. The van der Waals surface area contributed by atoms with Crippen LogP contribution in [0, 0.1) is 10.8 Å². The number of rotatable bonds is 6. The zero-order valence-corrected chi connectivity index (χ0v) is 13.1. The van der Waals surface area contributed by atoms with Gasteiger partial charge in [0.2, 0.25) is 0 Å². The van der Waals surface area contributed by atoms with Gasteiger partial charge in [-0.2, -0.15) is 0 Å². The lowest BCUT2D eigenvalue weighted by atomic mass is 9.64. The fourth-order valence-corrected chi connectivity index (χ4v) is 2.26. The smallest absolute Gasteiger partial charge is 0.0602 e. The Balaban J connectivity index is 4.53. The molecule has 0 spiro atoms. The van der Waals surface area contributed by atoms with Gasteiger partial charge in [0.05, 0.1) is 11.7 Å². The summed E-state index contributed by atoms with van der Waals surface area (Å²) in [5, 5.41) is 9.15. The number of aliphatic hydroxyl groups excluding tert-OH is 1. The second kappa shape index (κ2) is 5.71. The Morgan fingerprint density at radius 2 is 1.41 bits per heavy atom. The molecule has 17 heavy (non-hydrogen) atoms. The minimum Gasteiger partial charge on any atom is -0.396 e. The summed E-state index contributed by atoms with van der Waals surface area (Å²) in [5.41, 5.74) is 0.189. The standard InChI is InChI=1S/C15H32O2/c1-12(17-13(2,3)4)11-15(7,8)14(5,6)9-10-16/h12,16H,9-11H2,1-8H3. The maximum absolute atomic E-state index is 9.15. The predicted molar refractivity (Wildman–Crippen MR) is 74.2 cm³/mol. The van der Waals surface area contributed by atoms with E-state index in [9.17, 15) is 0 Å². The van der Waals surface area contributed by atoms with E-state index in [0.717, 1.165) is 12.8 Å². The SMILES string of the molecule is CC(CC(C)(C)C(C)(C)CCO)OC(C)(C)C. The van der Waals surface area contributed by atoms with E-state index in [0.29, 0.717) is 0 Å². The third kappa shape index (κ3) is 5.87. The predicted octanol–water partition coefficient (Wildman–Crippen LogP) is 4.01. The number of hydrogen-bond acceptors (Lipinski definition) is 2. The van der Waals surface area contributed by atoms with Crippen LogP contribution in [0.5, 0.6) is 0 Å². The van der Waals surface area contributed by atoms with Gasteiger partial charge in [-0.15, -0.1) is 0 Å². The Morgan fingerprint density at radius 3 is 1.76 bits per heavy atom. The number of aliphatic hydroxyl groups is 1. The molecule has 1 unspecified atom stereocenters. The molecule has 1 atom stereocenters. The van der Waals surface area contributed by atoms with E-state index >= 15 is 0 Å². The lowest BCUT2D eigenvalue weighted by molar-refractivity contribution is -0.0823. The molecule has 0 amide bonds. The molecule has 0 saturated heterocycles. The van der Waals surface area contributed by atoms with Gasteiger partial charge in [0.1, 0.15) is 0 Å². The molecule has 0 aliphatic carbocycles. The maximum Gasteiger partial charge on any atom is 0.0602 e. The first kappa shape index (κ1) is 16.9. The molecule has 0 aromatic rings. The molecule has 2 heteroatoms. The van der Waals surface area contributed by atoms with E-state index in [1.807, 2.05) is 0 Å². The third-order valence-corrected chi connectivity index (χ3v) is 3.92. The van der Waals surface area contributed by atoms with Gasteiger partial charge < -0.3 is 9.84 Å². The summed E-state index contributed by atoms with van der Waals surface area (Å²) < 4.78 is 5.98. The van der Waals surface area contributed by atoms with Crippen LogP contribution in [0.2, 0.25) is 0 Å². The molecule has 0 heterocycles. The Hall–Kier alpha value is -0.0800. The van der Waals surface area contributed by atoms with E-state index in [4.69, 9.17) is 9.84 Å². The minimum atomic E-state index is -0.0867. The van der Waals surface area contributed by atoms with E-state index in [1.54, 1.807) is 0 Å². The van der Waals surface area contributed by atoms with Gasteiger partial charge in [0, 0.05) is 6.61 Å². The molecule has 0 rings (SSSR count). The molecule has 0 aromatic carbocycles. The van der Waals surface area contributed by atoms with Crippen molar-refractivity contribution in [1.29, 1.82) is 0 Å². The minimum absolute atomic E-state index is 0.0867. The van der Waals surface area contributed by atoms with Crippen LogP contribution in [0.15, 0.2) is 0 Å². The van der Waals surface area contributed by atoms with Gasteiger partial charge in [-0.3, -0.25) is 0 Å². The van der Waals surface area contributed by atoms with Crippen molar-refractivity contribution >= 4 is 0 Å². The monoisotopic (exact) mass is 244 g/mol. The van der Waals surface area contributed by atoms with Crippen molar-refractivity contribution in [3.8, 4) is 0 Å². The molecule has 0 aliphatic rings. The van der Waals surface area contributed by atoms with Crippen LogP contribution in [0.4, 0.5) is 0 Å². The molecule has 0 aliphatic heterocycles. The first-order valence-electron chi connectivity index (χ1n) is 6.70. The fraction of sp³-hybridized carbons (Fsp3) is 1.00. The quantitative estimate of drug-likeness (QED) is 0.765. The topological polar surface area (TPSA) is 29.5 Å². The Morgan fingerprint density at radius 1 is 0.941 bits per heavy atom. The first-order valence-corrected chi connectivity index (χ1v) is 6.70. The highest BCUT2D eigenvalue weighted by molar-refractivity contribution is 4.87. The molecular formula is C15H32O2. The average molecular weight is 244 g/mol. The molecule has 104 valence electrons. The van der Waals surface area contributed by atoms with Crippen molar-refractivity contribution < 1.29 is 9.84 Å². The van der Waals surface area contributed by atoms with E-state index < -0.39 is 0 Å². The maximum atomic E-state index is 9.15. The summed E-state index contributed by atoms with van der Waals surface area (Å²) in [6.45, 7) is 17.7. The van der Waals surface area contributed by atoms with Gasteiger partial charge in [-0.25, -0.2) is 0 Å². The largest absolute Gasteiger partial charge is 0.396 e. The molecule has 1 N–H and O–H groups in total. The molecule has 0 bridgehead atoms. The van der Waals surface area contributed by atoms with Gasteiger partial charge in [0.15, 0.2) is 0 Å². The Kier molecular flexibility index (Phi) is 5.68. The highest BCUT2D eigenvalue weighted by Gasteiger charge is 2.38. The Bertz CT molecular complexity index is 224. The van der Waals surface area contributed by atoms with E-state index in [2.05, 4.69) is 55.4 Å². The van der Waals surface area contributed by atoms with Crippen molar-refractivity contribution in [2.24, 2.45) is 10.8 Å². The summed E-state index contributed by atoms with van der Waals surface area (Å²) in [6, 6.07) is 0. The van der Waals surface area contributed by atoms with Crippen molar-refractivity contribution in [3.05, 3.63) is 0 Å². The zero-order valence-electron chi connectivity index (χ0n) is 13.1. The second-order valence-electron chi connectivity index (χ2n) is 7.49. The molecule has 0 aromatic heterocycles. The van der Waals surface area contributed by atoms with Gasteiger partial charge >= 0.3 is 0 Å². The Labute approximate surface area is 108 Å². The summed E-state index contributed by atoms with van der Waals surface area (Å²) in [4.78, 5) is 0. The van der Waals surface area contributed by atoms with Crippen molar-refractivity contribution in [2.75, 3.05) is 6.61 Å². The van der Waals surface area contributed by atoms with Crippen LogP contribution in [-0.4, -0.2) is 23.4 Å². The number of ether oxygens (including phenoxy) is 1. The van der Waals surface area contributed by atoms with Crippen molar-refractivity contribution in [3.63, 3.8) is 0 Å². The normalized spacial score (nSPS) is 16.1. The molecule has 0 fully saturated rings. The average Bonchev–Trinajstić information content (AvgIpc) is 1.97. The third-order valence-electron chi connectivity index (χ3n) is 3.92. The fourth-order valence-electron chi connectivity index (χ4n) is 2.26. The van der Waals surface area contributed by atoms with E-state index in [1.165, 1.54) is 0 Å². The van der Waals surface area contributed by atoms with Crippen LogP contribution in [-0.2, 0) is 4.74 Å². The second-order valence-corrected chi connectivity index (χ2v) is 7.49. The van der Waals surface area contributed by atoms with Crippen LogP contribution in [0.3, 0.4) is 0 Å². The summed E-state index contributed by atoms with van der Waals surface area (Å²) >= 11 is 0. The lowest BCUT2D eigenvalue weighted by Crippen LogP contribution is -2.38. The highest BCUT2D eigenvalue weighted by Crippen LogP contribution is 2.45. The van der Waals surface area contributed by atoms with Gasteiger partial charge in [0.25, 0.3) is 0 Å². The molecule has 2 nitrogen and oxygen atoms in total. The zero-order chi connectivity index (χ0) is 13.9. The van der Waals surface area contributed by atoms with Crippen molar-refractivity contribution in [2.45, 2.75) is 79.9 Å². The van der Waals surface area contributed by atoms with Crippen LogP contribution in [0.25, 0.3) is 0 Å². The molecule has 0 saturated carbocycles. The number of hydrogen-bond donors (Lipinski definition) is 1. The summed E-state index contributed by atoms with van der Waals surface area (Å²) in [6.07, 6.45) is 2.09. The summed E-state index contributed by atoms with van der Waals surface area (Å²) in [5.74, 6) is 0. The van der Waals surface area contributed by atoms with Crippen LogP contribution in [0.1, 0.15) is 68.2 Å². The first-order chi connectivity index (χ1) is 7.41.